The van der Waals surface area contributed by atoms with Crippen LogP contribution in [0, 0.1) is 6.92 Å². The molecule has 1 saturated heterocycles. The molecule has 1 fully saturated rings. The van der Waals surface area contributed by atoms with Crippen LogP contribution in [0.4, 0.5) is 0 Å². The molecule has 162 valence electrons. The number of likely N-dealkylation sites (tertiary alicyclic amines) is 1. The van der Waals surface area contributed by atoms with Gasteiger partial charge in [0.1, 0.15) is 17.2 Å². The summed E-state index contributed by atoms with van der Waals surface area (Å²) in [5, 5.41) is 0.982. The Kier molecular flexibility index (Phi) is 5.04. The van der Waals surface area contributed by atoms with Crippen molar-refractivity contribution in [2.45, 2.75) is 58.0 Å². The van der Waals surface area contributed by atoms with E-state index in [0.29, 0.717) is 30.3 Å². The summed E-state index contributed by atoms with van der Waals surface area (Å²) >= 11 is 0. The van der Waals surface area contributed by atoms with E-state index in [4.69, 9.17) is 9.15 Å². The summed E-state index contributed by atoms with van der Waals surface area (Å²) in [5.41, 5.74) is 3.00. The minimum Gasteiger partial charge on any atom is -0.480 e. The van der Waals surface area contributed by atoms with Gasteiger partial charge in [0.2, 0.25) is 0 Å². The van der Waals surface area contributed by atoms with Crippen LogP contribution in [-0.2, 0) is 17.6 Å². The quantitative estimate of drug-likeness (QED) is 0.652. The lowest BCUT2D eigenvalue weighted by Gasteiger charge is -2.33. The van der Waals surface area contributed by atoms with Gasteiger partial charge in [-0.1, -0.05) is 0 Å². The zero-order valence-corrected chi connectivity index (χ0v) is 17.9. The van der Waals surface area contributed by atoms with Gasteiger partial charge >= 0.3 is 5.63 Å². The molecule has 3 heterocycles. The lowest BCUT2D eigenvalue weighted by Crippen LogP contribution is -2.44. The van der Waals surface area contributed by atoms with E-state index in [2.05, 4.69) is 9.97 Å². The molecule has 0 radical (unpaired) electrons. The number of imidazole rings is 1. The van der Waals surface area contributed by atoms with Crippen molar-refractivity contribution >= 4 is 16.9 Å². The van der Waals surface area contributed by atoms with Crippen LogP contribution in [0.5, 0.6) is 5.75 Å². The van der Waals surface area contributed by atoms with Gasteiger partial charge in [0.25, 0.3) is 5.91 Å². The van der Waals surface area contributed by atoms with E-state index in [0.717, 1.165) is 60.0 Å². The number of amides is 1. The molecular weight excluding hydrogens is 394 g/mol. The zero-order chi connectivity index (χ0) is 21.5. The third-order valence-corrected chi connectivity index (χ3v) is 6.70. The molecule has 1 aliphatic heterocycles. The smallest absolute Gasteiger partial charge is 0.339 e. The van der Waals surface area contributed by atoms with Gasteiger partial charge in [-0.25, -0.2) is 9.78 Å². The third kappa shape index (κ3) is 3.52. The summed E-state index contributed by atoms with van der Waals surface area (Å²) in [6, 6.07) is 3.85. The van der Waals surface area contributed by atoms with Gasteiger partial charge < -0.3 is 19.0 Å². The topological polar surface area (TPSA) is 88.4 Å². The van der Waals surface area contributed by atoms with Gasteiger partial charge in [-0.3, -0.25) is 4.79 Å². The molecule has 31 heavy (non-hydrogen) atoms. The van der Waals surface area contributed by atoms with Crippen molar-refractivity contribution in [2.24, 2.45) is 0 Å². The number of ether oxygens (including phenoxy) is 1. The number of aromatic amines is 1. The minimum absolute atomic E-state index is 0.0206. The van der Waals surface area contributed by atoms with Crippen LogP contribution in [0.1, 0.15) is 54.6 Å². The van der Waals surface area contributed by atoms with Crippen molar-refractivity contribution in [3.8, 4) is 5.75 Å². The fourth-order valence-corrected chi connectivity index (χ4v) is 4.96. The Balaban J connectivity index is 1.30. The van der Waals surface area contributed by atoms with E-state index < -0.39 is 6.10 Å². The van der Waals surface area contributed by atoms with Crippen molar-refractivity contribution in [3.63, 3.8) is 0 Å². The molecule has 0 saturated carbocycles. The van der Waals surface area contributed by atoms with Crippen LogP contribution in [0.2, 0.25) is 0 Å². The van der Waals surface area contributed by atoms with Gasteiger partial charge in [0.05, 0.1) is 0 Å². The first kappa shape index (κ1) is 19.8. The number of benzene rings is 1. The summed E-state index contributed by atoms with van der Waals surface area (Å²) in [7, 11) is 0. The average Bonchev–Trinajstić information content (AvgIpc) is 3.48. The highest BCUT2D eigenvalue weighted by atomic mass is 16.5. The Labute approximate surface area is 180 Å². The SMILES string of the molecule is Cc1c(OC(C)C(=O)N2CCC(c3ncc[nH]3)CC2)ccc2c3c(c(=O)oc12)CCC3. The highest BCUT2D eigenvalue weighted by Crippen LogP contribution is 2.33. The van der Waals surface area contributed by atoms with Crippen LogP contribution >= 0.6 is 0 Å². The van der Waals surface area contributed by atoms with Crippen molar-refractivity contribution in [2.75, 3.05) is 13.1 Å². The number of hydrogen-bond acceptors (Lipinski definition) is 5. The second-order valence-electron chi connectivity index (χ2n) is 8.60. The molecule has 1 aromatic carbocycles. The van der Waals surface area contributed by atoms with Crippen LogP contribution in [0.3, 0.4) is 0 Å². The first-order chi connectivity index (χ1) is 15.0. The molecule has 0 spiro atoms. The van der Waals surface area contributed by atoms with Crippen LogP contribution < -0.4 is 10.4 Å². The van der Waals surface area contributed by atoms with E-state index in [9.17, 15) is 9.59 Å². The van der Waals surface area contributed by atoms with E-state index in [1.54, 1.807) is 13.1 Å². The molecule has 1 amide bonds. The number of aryl methyl sites for hydroxylation is 2. The van der Waals surface area contributed by atoms with Gasteiger partial charge in [0, 0.05) is 47.9 Å². The zero-order valence-electron chi connectivity index (χ0n) is 17.9. The normalized spacial score (nSPS) is 17.7. The average molecular weight is 421 g/mol. The van der Waals surface area contributed by atoms with Gasteiger partial charge in [-0.2, -0.15) is 0 Å². The monoisotopic (exact) mass is 421 g/mol. The molecular formula is C24H27N3O4. The van der Waals surface area contributed by atoms with Gasteiger partial charge in [-0.05, 0) is 63.6 Å². The van der Waals surface area contributed by atoms with E-state index >= 15 is 0 Å². The number of rotatable bonds is 4. The molecule has 7 nitrogen and oxygen atoms in total. The Bertz CT molecular complexity index is 1170. The number of carbonyl (C=O) groups excluding carboxylic acids is 1. The molecule has 2 aromatic heterocycles. The molecule has 1 N–H and O–H groups in total. The van der Waals surface area contributed by atoms with E-state index in [1.165, 1.54) is 0 Å². The molecule has 2 aliphatic rings. The number of nitrogens with zero attached hydrogens (tertiary/aromatic N) is 2. The van der Waals surface area contributed by atoms with Crippen LogP contribution in [-0.4, -0.2) is 40.0 Å². The second kappa shape index (κ2) is 7.87. The first-order valence-electron chi connectivity index (χ1n) is 11.1. The summed E-state index contributed by atoms with van der Waals surface area (Å²) in [6.07, 6.45) is 7.44. The molecule has 5 rings (SSSR count). The molecule has 1 aliphatic carbocycles. The number of hydrogen-bond donors (Lipinski definition) is 1. The molecule has 0 bridgehead atoms. The van der Waals surface area contributed by atoms with Crippen LogP contribution in [0.25, 0.3) is 11.0 Å². The third-order valence-electron chi connectivity index (χ3n) is 6.70. The number of aromatic nitrogens is 2. The second-order valence-corrected chi connectivity index (χ2v) is 8.60. The highest BCUT2D eigenvalue weighted by molar-refractivity contribution is 5.86. The van der Waals surface area contributed by atoms with Crippen molar-refractivity contribution in [3.05, 3.63) is 57.5 Å². The van der Waals surface area contributed by atoms with Crippen molar-refractivity contribution in [1.82, 2.24) is 14.9 Å². The number of nitrogens with one attached hydrogen (secondary N) is 1. The Morgan fingerprint density at radius 3 is 2.77 bits per heavy atom. The standard InChI is InChI=1S/C24H27N3O4/c1-14-20(7-6-18-17-4-3-5-19(17)24(29)31-21(14)18)30-15(2)23(28)27-12-8-16(9-13-27)22-25-10-11-26-22/h6-7,10-11,15-16H,3-5,8-9,12-13H2,1-2H3,(H,25,26). The lowest BCUT2D eigenvalue weighted by atomic mass is 9.96. The highest BCUT2D eigenvalue weighted by Gasteiger charge is 2.29. The molecule has 7 heteroatoms. The van der Waals surface area contributed by atoms with E-state index in [-0.39, 0.29) is 11.5 Å². The van der Waals surface area contributed by atoms with E-state index in [1.807, 2.05) is 30.2 Å². The molecule has 3 aromatic rings. The Hall–Kier alpha value is -3.09. The number of H-pyrrole nitrogens is 1. The largest absolute Gasteiger partial charge is 0.480 e. The summed E-state index contributed by atoms with van der Waals surface area (Å²) in [6.45, 7) is 5.04. The predicted octanol–water partition coefficient (Wildman–Crippen LogP) is 3.49. The summed E-state index contributed by atoms with van der Waals surface area (Å²) in [5.74, 6) is 1.92. The van der Waals surface area contributed by atoms with Gasteiger partial charge in [0.15, 0.2) is 6.10 Å². The fraction of sp³-hybridized carbons (Fsp3) is 0.458. The Morgan fingerprint density at radius 2 is 2.03 bits per heavy atom. The first-order valence-corrected chi connectivity index (χ1v) is 11.1. The summed E-state index contributed by atoms with van der Waals surface area (Å²) < 4.78 is 11.7. The Morgan fingerprint density at radius 1 is 1.26 bits per heavy atom. The van der Waals surface area contributed by atoms with Crippen molar-refractivity contribution in [1.29, 1.82) is 0 Å². The maximum Gasteiger partial charge on any atom is 0.339 e. The molecule has 1 atom stereocenters. The van der Waals surface area contributed by atoms with Gasteiger partial charge in [-0.15, -0.1) is 0 Å². The summed E-state index contributed by atoms with van der Waals surface area (Å²) in [4.78, 5) is 34.7. The minimum atomic E-state index is -0.613. The predicted molar refractivity (Wildman–Crippen MR) is 116 cm³/mol. The fourth-order valence-electron chi connectivity index (χ4n) is 4.96. The number of piperidine rings is 1. The van der Waals surface area contributed by atoms with Crippen molar-refractivity contribution < 1.29 is 13.9 Å². The van der Waals surface area contributed by atoms with Crippen LogP contribution in [0.15, 0.2) is 33.7 Å². The maximum absolute atomic E-state index is 13.0. The lowest BCUT2D eigenvalue weighted by molar-refractivity contribution is -0.139. The number of carbonyl (C=O) groups is 1. The number of fused-ring (bicyclic) bond motifs is 3. The maximum atomic E-state index is 13.0. The molecule has 1 unspecified atom stereocenters.